The monoisotopic (exact) mass is 373 g/mol. The molecule has 2 saturated heterocycles. The van der Waals surface area contributed by atoms with Gasteiger partial charge < -0.3 is 15.0 Å². The van der Waals surface area contributed by atoms with Crippen molar-refractivity contribution in [1.29, 1.82) is 0 Å². The van der Waals surface area contributed by atoms with Gasteiger partial charge in [0.25, 0.3) is 0 Å². The molecule has 8 heteroatoms. The Labute approximate surface area is 151 Å². The quantitative estimate of drug-likeness (QED) is 0.790. The molecule has 0 aromatic carbocycles. The highest BCUT2D eigenvalue weighted by Crippen LogP contribution is 2.31. The second kappa shape index (κ2) is 8.22. The first-order valence-corrected chi connectivity index (χ1v) is 11.4. The molecule has 0 bridgehead atoms. The SMILES string of the molecule is CS(=O)(=O)N(C1CCC1)[C@@H]1CCCN(C(=O)NC[C@H]2CCOC2)CC1. The fourth-order valence-electron chi connectivity index (χ4n) is 4.11. The van der Waals surface area contributed by atoms with Crippen LogP contribution >= 0.6 is 0 Å². The molecule has 7 nitrogen and oxygen atoms in total. The van der Waals surface area contributed by atoms with Crippen molar-refractivity contribution in [2.24, 2.45) is 5.92 Å². The molecular formula is C17H31N3O4S. The number of nitrogens with zero attached hydrogens (tertiary/aromatic N) is 2. The van der Waals surface area contributed by atoms with Gasteiger partial charge in [-0.15, -0.1) is 0 Å². The topological polar surface area (TPSA) is 79.0 Å². The number of sulfonamides is 1. The van der Waals surface area contributed by atoms with Crippen LogP contribution in [0.1, 0.15) is 44.9 Å². The summed E-state index contributed by atoms with van der Waals surface area (Å²) in [5, 5.41) is 3.02. The molecule has 0 aromatic heterocycles. The van der Waals surface area contributed by atoms with E-state index in [1.807, 2.05) is 4.90 Å². The molecule has 2 amide bonds. The number of urea groups is 1. The Kier molecular flexibility index (Phi) is 6.22. The van der Waals surface area contributed by atoms with Gasteiger partial charge >= 0.3 is 6.03 Å². The van der Waals surface area contributed by atoms with Crippen LogP contribution in [0.25, 0.3) is 0 Å². The van der Waals surface area contributed by atoms with Gasteiger partial charge in [-0.3, -0.25) is 0 Å². The Balaban J connectivity index is 1.53. The van der Waals surface area contributed by atoms with E-state index in [4.69, 9.17) is 4.74 Å². The molecule has 2 aliphatic heterocycles. The first-order chi connectivity index (χ1) is 11.9. The van der Waals surface area contributed by atoms with Crippen molar-refractivity contribution in [2.45, 2.75) is 57.0 Å². The summed E-state index contributed by atoms with van der Waals surface area (Å²) in [6.07, 6.45) is 7.80. The van der Waals surface area contributed by atoms with Gasteiger partial charge in [-0.1, -0.05) is 6.42 Å². The highest BCUT2D eigenvalue weighted by molar-refractivity contribution is 7.88. The number of hydrogen-bond donors (Lipinski definition) is 1. The third-order valence-corrected chi connectivity index (χ3v) is 7.09. The minimum Gasteiger partial charge on any atom is -0.381 e. The second-order valence-corrected chi connectivity index (χ2v) is 9.55. The molecule has 1 aliphatic carbocycles. The molecule has 0 spiro atoms. The van der Waals surface area contributed by atoms with Crippen molar-refractivity contribution < 1.29 is 17.9 Å². The third kappa shape index (κ3) is 4.86. The summed E-state index contributed by atoms with van der Waals surface area (Å²) in [5.41, 5.74) is 0. The van der Waals surface area contributed by atoms with Gasteiger partial charge in [-0.25, -0.2) is 13.2 Å². The molecule has 1 N–H and O–H groups in total. The average molecular weight is 374 g/mol. The molecule has 0 radical (unpaired) electrons. The molecule has 3 fully saturated rings. The second-order valence-electron chi connectivity index (χ2n) is 7.67. The fraction of sp³-hybridized carbons (Fsp3) is 0.941. The predicted octanol–water partition coefficient (Wildman–Crippen LogP) is 1.40. The van der Waals surface area contributed by atoms with E-state index in [9.17, 15) is 13.2 Å². The standard InChI is InChI=1S/C17H31N3O4S/c1-25(22,23)20(15-4-2-5-15)16-6-3-9-19(10-7-16)17(21)18-12-14-8-11-24-13-14/h14-16H,2-13H2,1H3,(H,18,21)/t14-,16-/m1/s1. The van der Waals surface area contributed by atoms with Gasteiger partial charge in [0.1, 0.15) is 0 Å². The van der Waals surface area contributed by atoms with E-state index in [-0.39, 0.29) is 18.1 Å². The van der Waals surface area contributed by atoms with Crippen molar-refractivity contribution in [3.05, 3.63) is 0 Å². The number of likely N-dealkylation sites (tertiary alicyclic amines) is 1. The molecule has 3 aliphatic rings. The minimum absolute atomic E-state index is 0.0258. The molecular weight excluding hydrogens is 342 g/mol. The highest BCUT2D eigenvalue weighted by Gasteiger charge is 2.37. The van der Waals surface area contributed by atoms with Gasteiger partial charge in [-0.05, 0) is 38.5 Å². The largest absolute Gasteiger partial charge is 0.381 e. The molecule has 0 aromatic rings. The van der Waals surface area contributed by atoms with E-state index in [0.29, 0.717) is 25.6 Å². The van der Waals surface area contributed by atoms with Crippen molar-refractivity contribution in [3.8, 4) is 0 Å². The van der Waals surface area contributed by atoms with Gasteiger partial charge in [0.15, 0.2) is 0 Å². The Morgan fingerprint density at radius 1 is 1.12 bits per heavy atom. The van der Waals surface area contributed by atoms with Crippen LogP contribution in [0, 0.1) is 5.92 Å². The summed E-state index contributed by atoms with van der Waals surface area (Å²) in [6, 6.07) is 0.172. The lowest BCUT2D eigenvalue weighted by Gasteiger charge is -2.40. The number of nitrogens with one attached hydrogen (secondary N) is 1. The maximum Gasteiger partial charge on any atom is 0.317 e. The summed E-state index contributed by atoms with van der Waals surface area (Å²) in [4.78, 5) is 14.3. The van der Waals surface area contributed by atoms with Crippen molar-refractivity contribution in [2.75, 3.05) is 39.1 Å². The van der Waals surface area contributed by atoms with Crippen LogP contribution in [0.3, 0.4) is 0 Å². The summed E-state index contributed by atoms with van der Waals surface area (Å²) >= 11 is 0. The van der Waals surface area contributed by atoms with E-state index in [1.54, 1.807) is 4.31 Å². The zero-order chi connectivity index (χ0) is 17.9. The molecule has 3 rings (SSSR count). The number of carbonyl (C=O) groups excluding carboxylic acids is 1. The molecule has 0 unspecified atom stereocenters. The Hall–Kier alpha value is -0.860. The summed E-state index contributed by atoms with van der Waals surface area (Å²) in [6.45, 7) is 3.50. The lowest BCUT2D eigenvalue weighted by atomic mass is 9.91. The van der Waals surface area contributed by atoms with E-state index in [1.165, 1.54) is 6.26 Å². The van der Waals surface area contributed by atoms with Gasteiger partial charge in [0, 0.05) is 44.2 Å². The minimum atomic E-state index is -3.20. The Morgan fingerprint density at radius 3 is 2.44 bits per heavy atom. The maximum absolute atomic E-state index is 12.4. The first kappa shape index (κ1) is 18.9. The Morgan fingerprint density at radius 2 is 1.84 bits per heavy atom. The van der Waals surface area contributed by atoms with Crippen LogP contribution in [0.15, 0.2) is 0 Å². The zero-order valence-electron chi connectivity index (χ0n) is 15.2. The summed E-state index contributed by atoms with van der Waals surface area (Å²) in [5.74, 6) is 0.419. The molecule has 1 saturated carbocycles. The van der Waals surface area contributed by atoms with Crippen LogP contribution in [0.2, 0.25) is 0 Å². The molecule has 2 atom stereocenters. The number of hydrogen-bond acceptors (Lipinski definition) is 4. The lowest BCUT2D eigenvalue weighted by molar-refractivity contribution is 0.160. The third-order valence-electron chi connectivity index (χ3n) is 5.73. The maximum atomic E-state index is 12.4. The number of carbonyl (C=O) groups is 1. The smallest absolute Gasteiger partial charge is 0.317 e. The van der Waals surface area contributed by atoms with E-state index < -0.39 is 10.0 Å². The molecule has 2 heterocycles. The Bertz CT molecular complexity index is 558. The van der Waals surface area contributed by atoms with E-state index in [0.717, 1.165) is 58.2 Å². The molecule has 25 heavy (non-hydrogen) atoms. The fourth-order valence-corrected chi connectivity index (χ4v) is 5.61. The van der Waals surface area contributed by atoms with Crippen molar-refractivity contribution in [1.82, 2.24) is 14.5 Å². The van der Waals surface area contributed by atoms with E-state index >= 15 is 0 Å². The first-order valence-electron chi connectivity index (χ1n) is 9.54. The van der Waals surface area contributed by atoms with Crippen LogP contribution < -0.4 is 5.32 Å². The van der Waals surface area contributed by atoms with Crippen molar-refractivity contribution in [3.63, 3.8) is 0 Å². The van der Waals surface area contributed by atoms with Gasteiger partial charge in [0.05, 0.1) is 12.9 Å². The average Bonchev–Trinajstić information content (AvgIpc) is 2.91. The summed E-state index contributed by atoms with van der Waals surface area (Å²) in [7, 11) is -3.20. The summed E-state index contributed by atoms with van der Waals surface area (Å²) < 4.78 is 31.6. The highest BCUT2D eigenvalue weighted by atomic mass is 32.2. The number of amides is 2. The molecule has 144 valence electrons. The zero-order valence-corrected chi connectivity index (χ0v) is 16.0. The number of ether oxygens (including phenoxy) is 1. The van der Waals surface area contributed by atoms with Crippen LogP contribution in [-0.2, 0) is 14.8 Å². The van der Waals surface area contributed by atoms with Crippen LogP contribution in [0.4, 0.5) is 4.79 Å². The van der Waals surface area contributed by atoms with Crippen molar-refractivity contribution >= 4 is 16.1 Å². The van der Waals surface area contributed by atoms with Crippen LogP contribution in [-0.4, -0.2) is 74.8 Å². The van der Waals surface area contributed by atoms with Gasteiger partial charge in [-0.2, -0.15) is 4.31 Å². The van der Waals surface area contributed by atoms with E-state index in [2.05, 4.69) is 5.32 Å². The lowest BCUT2D eigenvalue weighted by Crippen LogP contribution is -2.50. The predicted molar refractivity (Wildman–Crippen MR) is 95.9 cm³/mol. The number of rotatable bonds is 5. The van der Waals surface area contributed by atoms with Crippen LogP contribution in [0.5, 0.6) is 0 Å². The normalized spacial score (nSPS) is 28.6. The van der Waals surface area contributed by atoms with Gasteiger partial charge in [0.2, 0.25) is 10.0 Å².